The molecule has 0 fully saturated rings. The molecule has 1 rings (SSSR count). The SMILES string of the molecule is CCNS(=O)(=O)c1ccc(NCC(C)C)c(C(=O)O)c1. The van der Waals surface area contributed by atoms with Crippen LogP contribution in [0.2, 0.25) is 0 Å². The van der Waals surface area contributed by atoms with Crippen molar-refractivity contribution in [1.82, 2.24) is 4.72 Å². The Labute approximate surface area is 119 Å². The van der Waals surface area contributed by atoms with E-state index in [9.17, 15) is 18.3 Å². The molecule has 0 aliphatic heterocycles. The second-order valence-corrected chi connectivity index (χ2v) is 6.56. The summed E-state index contributed by atoms with van der Waals surface area (Å²) in [6.07, 6.45) is 0. The van der Waals surface area contributed by atoms with Gasteiger partial charge in [-0.1, -0.05) is 20.8 Å². The number of aromatic carboxylic acids is 1. The highest BCUT2D eigenvalue weighted by Crippen LogP contribution is 2.21. The minimum atomic E-state index is -3.66. The van der Waals surface area contributed by atoms with Crippen LogP contribution in [-0.2, 0) is 10.0 Å². The normalized spacial score (nSPS) is 11.6. The average Bonchev–Trinajstić information content (AvgIpc) is 2.35. The van der Waals surface area contributed by atoms with E-state index in [0.29, 0.717) is 18.2 Å². The lowest BCUT2D eigenvalue weighted by atomic mass is 10.1. The molecule has 0 atom stereocenters. The lowest BCUT2D eigenvalue weighted by Gasteiger charge is -2.13. The number of carbonyl (C=O) groups is 1. The minimum absolute atomic E-state index is 0.0492. The van der Waals surface area contributed by atoms with Crippen LogP contribution in [0.3, 0.4) is 0 Å². The van der Waals surface area contributed by atoms with Crippen molar-refractivity contribution >= 4 is 21.7 Å². The zero-order valence-corrected chi connectivity index (χ0v) is 12.6. The molecule has 3 N–H and O–H groups in total. The van der Waals surface area contributed by atoms with Crippen molar-refractivity contribution in [2.24, 2.45) is 5.92 Å². The van der Waals surface area contributed by atoms with E-state index in [2.05, 4.69) is 10.0 Å². The lowest BCUT2D eigenvalue weighted by molar-refractivity contribution is 0.0697. The standard InChI is InChI=1S/C13H20N2O4S/c1-4-15-20(18,19)10-5-6-12(14-8-9(2)3)11(7-10)13(16)17/h5-7,9,14-15H,4,8H2,1-3H3,(H,16,17). The van der Waals surface area contributed by atoms with E-state index < -0.39 is 16.0 Å². The molecule has 0 aliphatic carbocycles. The van der Waals surface area contributed by atoms with E-state index in [0.717, 1.165) is 0 Å². The molecule has 7 heteroatoms. The van der Waals surface area contributed by atoms with Gasteiger partial charge in [-0.25, -0.2) is 17.9 Å². The summed E-state index contributed by atoms with van der Waals surface area (Å²) in [5, 5.41) is 12.2. The predicted octanol–water partition coefficient (Wildman–Crippen LogP) is 1.75. The smallest absolute Gasteiger partial charge is 0.337 e. The van der Waals surface area contributed by atoms with Gasteiger partial charge in [-0.2, -0.15) is 0 Å². The number of nitrogens with one attached hydrogen (secondary N) is 2. The molecule has 0 bridgehead atoms. The maximum atomic E-state index is 11.9. The number of anilines is 1. The van der Waals surface area contributed by atoms with Crippen LogP contribution in [0.4, 0.5) is 5.69 Å². The molecule has 0 saturated heterocycles. The topological polar surface area (TPSA) is 95.5 Å². The van der Waals surface area contributed by atoms with Crippen molar-refractivity contribution in [2.45, 2.75) is 25.7 Å². The van der Waals surface area contributed by atoms with Crippen LogP contribution in [-0.4, -0.2) is 32.6 Å². The van der Waals surface area contributed by atoms with E-state index in [4.69, 9.17) is 0 Å². The van der Waals surface area contributed by atoms with Crippen LogP contribution >= 0.6 is 0 Å². The van der Waals surface area contributed by atoms with Crippen LogP contribution in [0.1, 0.15) is 31.1 Å². The summed E-state index contributed by atoms with van der Waals surface area (Å²) in [5.74, 6) is -0.813. The fraction of sp³-hybridized carbons (Fsp3) is 0.462. The van der Waals surface area contributed by atoms with Crippen molar-refractivity contribution in [3.63, 3.8) is 0 Å². The number of hydrogen-bond acceptors (Lipinski definition) is 4. The van der Waals surface area contributed by atoms with Crippen LogP contribution < -0.4 is 10.0 Å². The Morgan fingerprint density at radius 2 is 2.00 bits per heavy atom. The average molecular weight is 300 g/mol. The summed E-state index contributed by atoms with van der Waals surface area (Å²) in [6, 6.07) is 4.05. The van der Waals surface area contributed by atoms with E-state index in [1.165, 1.54) is 18.2 Å². The maximum Gasteiger partial charge on any atom is 0.337 e. The second kappa shape index (κ2) is 6.71. The van der Waals surface area contributed by atoms with Gasteiger partial charge in [0.25, 0.3) is 0 Å². The summed E-state index contributed by atoms with van der Waals surface area (Å²) < 4.78 is 26.1. The first-order chi connectivity index (χ1) is 9.27. The highest BCUT2D eigenvalue weighted by Gasteiger charge is 2.18. The molecule has 0 saturated carbocycles. The van der Waals surface area contributed by atoms with Gasteiger partial charge in [0.2, 0.25) is 10.0 Å². The largest absolute Gasteiger partial charge is 0.478 e. The van der Waals surface area contributed by atoms with Crippen molar-refractivity contribution < 1.29 is 18.3 Å². The number of hydrogen-bond donors (Lipinski definition) is 3. The summed E-state index contributed by atoms with van der Waals surface area (Å²) in [5.41, 5.74) is 0.367. The van der Waals surface area contributed by atoms with Gasteiger partial charge in [0.05, 0.1) is 10.5 Å². The van der Waals surface area contributed by atoms with Gasteiger partial charge in [-0.05, 0) is 24.1 Å². The number of sulfonamides is 1. The molecule has 1 aromatic carbocycles. The van der Waals surface area contributed by atoms with Crippen LogP contribution in [0.5, 0.6) is 0 Å². The van der Waals surface area contributed by atoms with Gasteiger partial charge < -0.3 is 10.4 Å². The molecular formula is C13H20N2O4S. The molecule has 112 valence electrons. The summed E-state index contributed by atoms with van der Waals surface area (Å²) >= 11 is 0. The second-order valence-electron chi connectivity index (χ2n) is 4.79. The third kappa shape index (κ3) is 4.21. The van der Waals surface area contributed by atoms with E-state index >= 15 is 0 Å². The first kappa shape index (κ1) is 16.5. The maximum absolute atomic E-state index is 11.9. The Balaban J connectivity index is 3.17. The van der Waals surface area contributed by atoms with Gasteiger partial charge in [-0.3, -0.25) is 0 Å². The van der Waals surface area contributed by atoms with Crippen molar-refractivity contribution in [1.29, 1.82) is 0 Å². The minimum Gasteiger partial charge on any atom is -0.478 e. The molecule has 20 heavy (non-hydrogen) atoms. The van der Waals surface area contributed by atoms with Gasteiger partial charge in [-0.15, -0.1) is 0 Å². The predicted molar refractivity (Wildman–Crippen MR) is 77.6 cm³/mol. The lowest BCUT2D eigenvalue weighted by Crippen LogP contribution is -2.23. The van der Waals surface area contributed by atoms with Gasteiger partial charge in [0.15, 0.2) is 0 Å². The first-order valence-electron chi connectivity index (χ1n) is 6.38. The fourth-order valence-electron chi connectivity index (χ4n) is 1.61. The molecule has 0 radical (unpaired) electrons. The quantitative estimate of drug-likeness (QED) is 0.713. The number of benzene rings is 1. The summed E-state index contributed by atoms with van der Waals surface area (Å²) in [6.45, 7) is 6.51. The summed E-state index contributed by atoms with van der Waals surface area (Å²) in [4.78, 5) is 11.2. The monoisotopic (exact) mass is 300 g/mol. The summed E-state index contributed by atoms with van der Waals surface area (Å²) in [7, 11) is -3.66. The van der Waals surface area contributed by atoms with E-state index in [-0.39, 0.29) is 17.0 Å². The van der Waals surface area contributed by atoms with E-state index in [1.807, 2.05) is 13.8 Å². The van der Waals surface area contributed by atoms with Crippen LogP contribution in [0.15, 0.2) is 23.1 Å². The molecule has 0 aliphatic rings. The van der Waals surface area contributed by atoms with Gasteiger partial charge in [0, 0.05) is 18.8 Å². The van der Waals surface area contributed by atoms with E-state index in [1.54, 1.807) is 6.92 Å². The third-order valence-electron chi connectivity index (χ3n) is 2.57. The number of rotatable bonds is 7. The van der Waals surface area contributed by atoms with Gasteiger partial charge >= 0.3 is 5.97 Å². The van der Waals surface area contributed by atoms with Gasteiger partial charge in [0.1, 0.15) is 0 Å². The van der Waals surface area contributed by atoms with Crippen molar-refractivity contribution in [2.75, 3.05) is 18.4 Å². The highest BCUT2D eigenvalue weighted by molar-refractivity contribution is 7.89. The molecule has 0 heterocycles. The Kier molecular flexibility index (Phi) is 5.52. The molecule has 0 amide bonds. The van der Waals surface area contributed by atoms with Crippen LogP contribution in [0, 0.1) is 5.92 Å². The fourth-order valence-corrected chi connectivity index (χ4v) is 2.68. The zero-order valence-electron chi connectivity index (χ0n) is 11.8. The Hall–Kier alpha value is -1.60. The molecule has 0 aromatic heterocycles. The molecule has 1 aromatic rings. The number of carboxylic acid groups (broad SMARTS) is 1. The highest BCUT2D eigenvalue weighted by atomic mass is 32.2. The number of carboxylic acids is 1. The Morgan fingerprint density at radius 3 is 2.50 bits per heavy atom. The van der Waals surface area contributed by atoms with Crippen molar-refractivity contribution in [3.8, 4) is 0 Å². The zero-order chi connectivity index (χ0) is 15.3. The third-order valence-corrected chi connectivity index (χ3v) is 4.11. The van der Waals surface area contributed by atoms with Crippen LogP contribution in [0.25, 0.3) is 0 Å². The molecule has 6 nitrogen and oxygen atoms in total. The Bertz CT molecular complexity index is 582. The molecular weight excluding hydrogens is 280 g/mol. The Morgan fingerprint density at radius 1 is 1.35 bits per heavy atom. The molecule has 0 unspecified atom stereocenters. The van der Waals surface area contributed by atoms with Crippen molar-refractivity contribution in [3.05, 3.63) is 23.8 Å². The molecule has 0 spiro atoms. The first-order valence-corrected chi connectivity index (χ1v) is 7.87.